The van der Waals surface area contributed by atoms with Crippen LogP contribution in [0.5, 0.6) is 5.75 Å². The molecule has 0 saturated heterocycles. The van der Waals surface area contributed by atoms with E-state index in [0.717, 1.165) is 11.1 Å². The molecule has 0 heterocycles. The Morgan fingerprint density at radius 1 is 1.17 bits per heavy atom. The van der Waals surface area contributed by atoms with Gasteiger partial charge in [-0.05, 0) is 51.8 Å². The van der Waals surface area contributed by atoms with Gasteiger partial charge in [0.2, 0.25) is 10.0 Å². The lowest BCUT2D eigenvalue weighted by molar-refractivity contribution is 0.397. The van der Waals surface area contributed by atoms with Crippen molar-refractivity contribution < 1.29 is 13.2 Å². The van der Waals surface area contributed by atoms with E-state index >= 15 is 0 Å². The van der Waals surface area contributed by atoms with Gasteiger partial charge in [0.15, 0.2) is 0 Å². The third kappa shape index (κ3) is 3.46. The van der Waals surface area contributed by atoms with E-state index in [2.05, 4.69) is 4.72 Å². The molecular weight excluding hydrogens is 250 g/mol. The van der Waals surface area contributed by atoms with E-state index in [-0.39, 0.29) is 4.90 Å². The summed E-state index contributed by atoms with van der Waals surface area (Å²) in [5.41, 5.74) is 1.18. The zero-order chi connectivity index (χ0) is 14.1. The molecule has 1 aromatic rings. The minimum Gasteiger partial charge on any atom is -0.495 e. The van der Waals surface area contributed by atoms with Crippen LogP contribution in [0.4, 0.5) is 0 Å². The number of methoxy groups -OCH3 is 1. The van der Waals surface area contributed by atoms with E-state index in [1.165, 1.54) is 7.11 Å². The molecule has 1 aromatic carbocycles. The summed E-state index contributed by atoms with van der Waals surface area (Å²) in [4.78, 5) is 0.192. The lowest BCUT2D eigenvalue weighted by atomic mass is 10.1. The smallest absolute Gasteiger partial charge is 0.244 e. The highest BCUT2D eigenvalue weighted by Crippen LogP contribution is 2.29. The van der Waals surface area contributed by atoms with Crippen LogP contribution in [0.15, 0.2) is 17.0 Å². The first kappa shape index (κ1) is 15.0. The largest absolute Gasteiger partial charge is 0.495 e. The second-order valence-corrected chi connectivity index (χ2v) is 7.12. The van der Waals surface area contributed by atoms with Gasteiger partial charge < -0.3 is 4.74 Å². The molecule has 0 amide bonds. The molecule has 0 fully saturated rings. The zero-order valence-corrected chi connectivity index (χ0v) is 12.6. The summed E-state index contributed by atoms with van der Waals surface area (Å²) in [5, 5.41) is 0. The molecule has 0 radical (unpaired) electrons. The summed E-state index contributed by atoms with van der Waals surface area (Å²) in [7, 11) is -2.10. The Bertz CT molecular complexity index is 542. The third-order valence-electron chi connectivity index (χ3n) is 2.32. The molecular formula is C13H21NO3S. The van der Waals surface area contributed by atoms with Crippen molar-refractivity contribution in [1.82, 2.24) is 4.72 Å². The first-order valence-corrected chi connectivity index (χ1v) is 7.24. The minimum absolute atomic E-state index is 0.192. The van der Waals surface area contributed by atoms with Gasteiger partial charge in [0, 0.05) is 5.54 Å². The molecule has 5 heteroatoms. The Hall–Kier alpha value is -1.07. The van der Waals surface area contributed by atoms with Crippen molar-refractivity contribution in [1.29, 1.82) is 0 Å². The first-order chi connectivity index (χ1) is 8.07. The Morgan fingerprint density at radius 2 is 1.72 bits per heavy atom. The molecule has 0 bridgehead atoms. The average molecular weight is 271 g/mol. The molecule has 1 N–H and O–H groups in total. The maximum absolute atomic E-state index is 12.3. The topological polar surface area (TPSA) is 55.4 Å². The number of hydrogen-bond acceptors (Lipinski definition) is 3. The normalized spacial score (nSPS) is 12.6. The van der Waals surface area contributed by atoms with Crippen LogP contribution in [0, 0.1) is 13.8 Å². The van der Waals surface area contributed by atoms with Crippen molar-refractivity contribution in [3.8, 4) is 5.75 Å². The fraction of sp³-hybridized carbons (Fsp3) is 0.538. The number of hydrogen-bond donors (Lipinski definition) is 1. The van der Waals surface area contributed by atoms with Crippen LogP contribution in [0.3, 0.4) is 0 Å². The van der Waals surface area contributed by atoms with E-state index in [9.17, 15) is 8.42 Å². The number of aryl methyl sites for hydroxylation is 2. The molecule has 0 saturated carbocycles. The molecule has 0 spiro atoms. The van der Waals surface area contributed by atoms with Gasteiger partial charge in [-0.2, -0.15) is 0 Å². The van der Waals surface area contributed by atoms with Crippen molar-refractivity contribution in [3.05, 3.63) is 23.3 Å². The third-order valence-corrected chi connectivity index (χ3v) is 4.08. The van der Waals surface area contributed by atoms with Crippen molar-refractivity contribution in [2.45, 2.75) is 45.1 Å². The molecule has 0 aliphatic heterocycles. The van der Waals surface area contributed by atoms with Crippen LogP contribution in [0.25, 0.3) is 0 Å². The Balaban J connectivity index is 3.41. The number of sulfonamides is 1. The highest BCUT2D eigenvalue weighted by Gasteiger charge is 2.26. The Kier molecular flexibility index (Phi) is 4.08. The zero-order valence-electron chi connectivity index (χ0n) is 11.8. The summed E-state index contributed by atoms with van der Waals surface area (Å²) < 4.78 is 32.5. The van der Waals surface area contributed by atoms with Crippen molar-refractivity contribution in [3.63, 3.8) is 0 Å². The van der Waals surface area contributed by atoms with Crippen molar-refractivity contribution in [2.75, 3.05) is 7.11 Å². The van der Waals surface area contributed by atoms with Crippen LogP contribution in [0.1, 0.15) is 31.9 Å². The fourth-order valence-corrected chi connectivity index (χ4v) is 3.58. The van der Waals surface area contributed by atoms with Gasteiger partial charge in [-0.3, -0.25) is 0 Å². The molecule has 18 heavy (non-hydrogen) atoms. The van der Waals surface area contributed by atoms with Gasteiger partial charge in [-0.25, -0.2) is 13.1 Å². The monoisotopic (exact) mass is 271 g/mol. The van der Waals surface area contributed by atoms with E-state index < -0.39 is 15.6 Å². The highest BCUT2D eigenvalue weighted by molar-refractivity contribution is 7.89. The minimum atomic E-state index is -3.58. The van der Waals surface area contributed by atoms with Gasteiger partial charge in [-0.1, -0.05) is 6.07 Å². The summed E-state index contributed by atoms with van der Waals surface area (Å²) in [6.07, 6.45) is 0. The number of rotatable bonds is 3. The van der Waals surface area contributed by atoms with E-state index in [1.54, 1.807) is 26.8 Å². The van der Waals surface area contributed by atoms with Gasteiger partial charge >= 0.3 is 0 Å². The average Bonchev–Trinajstić information content (AvgIpc) is 2.12. The summed E-state index contributed by atoms with van der Waals surface area (Å²) >= 11 is 0. The van der Waals surface area contributed by atoms with E-state index in [4.69, 9.17) is 4.74 Å². The Morgan fingerprint density at radius 3 is 2.17 bits per heavy atom. The molecule has 0 atom stereocenters. The molecule has 4 nitrogen and oxygen atoms in total. The maximum atomic E-state index is 12.3. The lowest BCUT2D eigenvalue weighted by Gasteiger charge is -2.22. The van der Waals surface area contributed by atoms with Crippen LogP contribution in [-0.2, 0) is 10.0 Å². The number of ether oxygens (including phenoxy) is 1. The van der Waals surface area contributed by atoms with Gasteiger partial charge in [0.05, 0.1) is 7.11 Å². The molecule has 0 aromatic heterocycles. The SMILES string of the molecule is COc1c(C)cc(C)cc1S(=O)(=O)NC(C)(C)C. The van der Waals surface area contributed by atoms with Crippen molar-refractivity contribution in [2.24, 2.45) is 0 Å². The number of nitrogens with one attached hydrogen (secondary N) is 1. The predicted molar refractivity (Wildman–Crippen MR) is 72.5 cm³/mol. The van der Waals surface area contributed by atoms with Crippen molar-refractivity contribution >= 4 is 10.0 Å². The maximum Gasteiger partial charge on any atom is 0.244 e. The van der Waals surface area contributed by atoms with Gasteiger partial charge in [0.25, 0.3) is 0 Å². The second kappa shape index (κ2) is 4.90. The summed E-state index contributed by atoms with van der Waals surface area (Å²) in [6, 6.07) is 3.52. The standard InChI is InChI=1S/C13H21NO3S/c1-9-7-10(2)12(17-6)11(8-9)18(15,16)14-13(3,4)5/h7-8,14H,1-6H3. The predicted octanol–water partition coefficient (Wildman–Crippen LogP) is 2.39. The van der Waals surface area contributed by atoms with Gasteiger partial charge in [0.1, 0.15) is 10.6 Å². The highest BCUT2D eigenvalue weighted by atomic mass is 32.2. The molecule has 0 aliphatic carbocycles. The van der Waals surface area contributed by atoms with Crippen LogP contribution < -0.4 is 9.46 Å². The number of benzene rings is 1. The van der Waals surface area contributed by atoms with Crippen LogP contribution >= 0.6 is 0 Å². The fourth-order valence-electron chi connectivity index (χ4n) is 1.83. The molecule has 102 valence electrons. The Labute approximate surface area is 109 Å². The quantitative estimate of drug-likeness (QED) is 0.918. The molecule has 1 rings (SSSR count). The van der Waals surface area contributed by atoms with Crippen LogP contribution in [-0.4, -0.2) is 21.1 Å². The molecule has 0 aliphatic rings. The molecule has 0 unspecified atom stereocenters. The lowest BCUT2D eigenvalue weighted by Crippen LogP contribution is -2.40. The van der Waals surface area contributed by atoms with Gasteiger partial charge in [-0.15, -0.1) is 0 Å². The van der Waals surface area contributed by atoms with E-state index in [1.807, 2.05) is 19.9 Å². The first-order valence-electron chi connectivity index (χ1n) is 5.76. The van der Waals surface area contributed by atoms with E-state index in [0.29, 0.717) is 5.75 Å². The second-order valence-electron chi connectivity index (χ2n) is 5.47. The summed E-state index contributed by atoms with van der Waals surface area (Å²) in [5.74, 6) is 0.400. The summed E-state index contributed by atoms with van der Waals surface area (Å²) in [6.45, 7) is 9.11. The van der Waals surface area contributed by atoms with Crippen LogP contribution in [0.2, 0.25) is 0 Å².